The molecule has 23 heavy (non-hydrogen) atoms. The highest BCUT2D eigenvalue weighted by molar-refractivity contribution is 5.85. The lowest BCUT2D eigenvalue weighted by Crippen LogP contribution is -2.45. The van der Waals surface area contributed by atoms with E-state index in [0.717, 1.165) is 38.2 Å². The number of phenolic OH excluding ortho intramolecular Hbond substituents is 1. The van der Waals surface area contributed by atoms with Gasteiger partial charge in [-0.15, -0.1) is 24.8 Å². The number of aromatic hydroxyl groups is 1. The predicted molar refractivity (Wildman–Crippen MR) is 95.9 cm³/mol. The minimum atomic E-state index is -0.525. The highest BCUT2D eigenvalue weighted by atomic mass is 35.5. The van der Waals surface area contributed by atoms with Crippen molar-refractivity contribution in [1.29, 1.82) is 0 Å². The standard InChI is InChI=1S/C15H23N3O3.2ClH/c1-11(2)9-13(17-7-5-16-6-8-17)12-3-4-15(19)14(10-12)18(20)21;;/h3-4,10-11,13,16,19H,5-9H2,1-2H3;2*1H/t13-;;/m0../s1. The lowest BCUT2D eigenvalue weighted by Gasteiger charge is -2.36. The zero-order valence-corrected chi connectivity index (χ0v) is 15.0. The maximum atomic E-state index is 11.0. The van der Waals surface area contributed by atoms with Crippen LogP contribution in [0.2, 0.25) is 0 Å². The lowest BCUT2D eigenvalue weighted by molar-refractivity contribution is -0.386. The summed E-state index contributed by atoms with van der Waals surface area (Å²) in [7, 11) is 0. The van der Waals surface area contributed by atoms with E-state index in [9.17, 15) is 15.2 Å². The van der Waals surface area contributed by atoms with Crippen molar-refractivity contribution in [3.63, 3.8) is 0 Å². The second-order valence-electron chi connectivity index (χ2n) is 5.94. The SMILES string of the molecule is CC(C)C[C@@H](c1ccc(O)c([N+](=O)[O-])c1)N1CCNCC1.Cl.Cl. The first kappa shape index (κ1) is 21.9. The van der Waals surface area contributed by atoms with E-state index in [2.05, 4.69) is 24.1 Å². The lowest BCUT2D eigenvalue weighted by atomic mass is 9.94. The zero-order chi connectivity index (χ0) is 15.4. The third kappa shape index (κ3) is 5.80. The van der Waals surface area contributed by atoms with Gasteiger partial charge in [-0.2, -0.15) is 0 Å². The minimum Gasteiger partial charge on any atom is -0.502 e. The Kier molecular flexibility index (Phi) is 9.46. The number of phenols is 1. The van der Waals surface area contributed by atoms with Gasteiger partial charge < -0.3 is 10.4 Å². The van der Waals surface area contributed by atoms with Crippen molar-refractivity contribution in [2.24, 2.45) is 5.92 Å². The molecule has 1 heterocycles. The highest BCUT2D eigenvalue weighted by Crippen LogP contribution is 2.34. The third-order valence-corrected chi connectivity index (χ3v) is 3.87. The molecule has 0 unspecified atom stereocenters. The molecule has 132 valence electrons. The minimum absolute atomic E-state index is 0. The summed E-state index contributed by atoms with van der Waals surface area (Å²) in [5.74, 6) is 0.227. The molecular formula is C15H25Cl2N3O3. The normalized spacial score (nSPS) is 16.3. The molecule has 0 aromatic heterocycles. The number of piperazine rings is 1. The summed E-state index contributed by atoms with van der Waals surface area (Å²) in [6, 6.07) is 4.91. The van der Waals surface area contributed by atoms with E-state index < -0.39 is 4.92 Å². The first-order valence-corrected chi connectivity index (χ1v) is 7.41. The van der Waals surface area contributed by atoms with E-state index in [0.29, 0.717) is 5.92 Å². The van der Waals surface area contributed by atoms with Gasteiger partial charge in [-0.1, -0.05) is 19.9 Å². The first-order chi connectivity index (χ1) is 9.99. The van der Waals surface area contributed by atoms with E-state index in [1.54, 1.807) is 6.07 Å². The molecule has 1 aliphatic rings. The maximum absolute atomic E-state index is 11.0. The summed E-state index contributed by atoms with van der Waals surface area (Å²) in [4.78, 5) is 12.9. The van der Waals surface area contributed by atoms with Crippen molar-refractivity contribution in [2.75, 3.05) is 26.2 Å². The van der Waals surface area contributed by atoms with Gasteiger partial charge in [0.05, 0.1) is 4.92 Å². The summed E-state index contributed by atoms with van der Waals surface area (Å²) in [6.07, 6.45) is 0.946. The summed E-state index contributed by atoms with van der Waals surface area (Å²) in [5.41, 5.74) is 0.700. The second-order valence-corrected chi connectivity index (χ2v) is 5.94. The zero-order valence-electron chi connectivity index (χ0n) is 13.4. The number of hydrogen-bond donors (Lipinski definition) is 2. The van der Waals surface area contributed by atoms with Gasteiger partial charge in [0, 0.05) is 38.3 Å². The van der Waals surface area contributed by atoms with Crippen LogP contribution in [0.15, 0.2) is 18.2 Å². The fraction of sp³-hybridized carbons (Fsp3) is 0.600. The predicted octanol–water partition coefficient (Wildman–Crippen LogP) is 3.14. The van der Waals surface area contributed by atoms with Crippen LogP contribution in [0, 0.1) is 16.0 Å². The van der Waals surface area contributed by atoms with Crippen LogP contribution in [0.3, 0.4) is 0 Å². The van der Waals surface area contributed by atoms with Crippen LogP contribution >= 0.6 is 24.8 Å². The summed E-state index contributed by atoms with van der Waals surface area (Å²) in [5, 5.41) is 24.0. The molecule has 1 aromatic rings. The molecule has 0 spiro atoms. The van der Waals surface area contributed by atoms with Crippen LogP contribution in [-0.4, -0.2) is 41.1 Å². The monoisotopic (exact) mass is 365 g/mol. The van der Waals surface area contributed by atoms with Gasteiger partial charge in [-0.05, 0) is 24.0 Å². The molecule has 1 aromatic carbocycles. The number of hydrogen-bond acceptors (Lipinski definition) is 5. The Morgan fingerprint density at radius 1 is 1.30 bits per heavy atom. The first-order valence-electron chi connectivity index (χ1n) is 7.41. The van der Waals surface area contributed by atoms with E-state index >= 15 is 0 Å². The molecular weight excluding hydrogens is 341 g/mol. The molecule has 0 bridgehead atoms. The number of nitro groups is 1. The van der Waals surface area contributed by atoms with Crippen LogP contribution in [0.5, 0.6) is 5.75 Å². The fourth-order valence-electron chi connectivity index (χ4n) is 2.83. The number of halogens is 2. The van der Waals surface area contributed by atoms with Crippen LogP contribution in [0.25, 0.3) is 0 Å². The van der Waals surface area contributed by atoms with Crippen molar-refractivity contribution >= 4 is 30.5 Å². The Labute approximate surface area is 149 Å². The highest BCUT2D eigenvalue weighted by Gasteiger charge is 2.25. The van der Waals surface area contributed by atoms with Gasteiger partial charge in [0.2, 0.25) is 0 Å². The molecule has 2 N–H and O–H groups in total. The van der Waals surface area contributed by atoms with Gasteiger partial charge in [-0.25, -0.2) is 0 Å². The van der Waals surface area contributed by atoms with Gasteiger partial charge >= 0.3 is 5.69 Å². The summed E-state index contributed by atoms with van der Waals surface area (Å²) in [6.45, 7) is 8.07. The largest absolute Gasteiger partial charge is 0.502 e. The quantitative estimate of drug-likeness (QED) is 0.618. The Morgan fingerprint density at radius 3 is 2.43 bits per heavy atom. The molecule has 0 aliphatic carbocycles. The van der Waals surface area contributed by atoms with Crippen LogP contribution < -0.4 is 5.32 Å². The van der Waals surface area contributed by atoms with Crippen LogP contribution in [-0.2, 0) is 0 Å². The number of benzene rings is 1. The van der Waals surface area contributed by atoms with Gasteiger partial charge in [0.1, 0.15) is 0 Å². The Morgan fingerprint density at radius 2 is 1.91 bits per heavy atom. The average molecular weight is 366 g/mol. The molecule has 0 saturated carbocycles. The Balaban J connectivity index is 0.00000242. The van der Waals surface area contributed by atoms with E-state index in [1.165, 1.54) is 12.1 Å². The fourth-order valence-corrected chi connectivity index (χ4v) is 2.83. The molecule has 8 heteroatoms. The smallest absolute Gasteiger partial charge is 0.311 e. The number of nitrogens with zero attached hydrogens (tertiary/aromatic N) is 2. The third-order valence-electron chi connectivity index (χ3n) is 3.87. The van der Waals surface area contributed by atoms with E-state index in [-0.39, 0.29) is 42.3 Å². The van der Waals surface area contributed by atoms with Crippen LogP contribution in [0.4, 0.5) is 5.69 Å². The molecule has 2 rings (SSSR count). The Bertz CT molecular complexity index is 509. The number of nitro benzene ring substituents is 1. The molecule has 0 radical (unpaired) electrons. The second kappa shape index (κ2) is 9.93. The van der Waals surface area contributed by atoms with Crippen molar-refractivity contribution in [3.05, 3.63) is 33.9 Å². The van der Waals surface area contributed by atoms with Gasteiger partial charge in [-0.3, -0.25) is 15.0 Å². The van der Waals surface area contributed by atoms with Crippen molar-refractivity contribution in [3.8, 4) is 5.75 Å². The van der Waals surface area contributed by atoms with Gasteiger partial charge in [0.15, 0.2) is 5.75 Å². The van der Waals surface area contributed by atoms with E-state index in [4.69, 9.17) is 0 Å². The summed E-state index contributed by atoms with van der Waals surface area (Å²) >= 11 is 0. The van der Waals surface area contributed by atoms with Gasteiger partial charge in [0.25, 0.3) is 0 Å². The topological polar surface area (TPSA) is 78.6 Å². The maximum Gasteiger partial charge on any atom is 0.311 e. The Hall–Kier alpha value is -1.08. The molecule has 1 saturated heterocycles. The molecule has 1 fully saturated rings. The van der Waals surface area contributed by atoms with Crippen molar-refractivity contribution in [1.82, 2.24) is 10.2 Å². The molecule has 6 nitrogen and oxygen atoms in total. The van der Waals surface area contributed by atoms with Crippen molar-refractivity contribution < 1.29 is 10.0 Å². The number of rotatable bonds is 5. The van der Waals surface area contributed by atoms with Crippen LogP contribution in [0.1, 0.15) is 31.9 Å². The average Bonchev–Trinajstić information content (AvgIpc) is 2.46. The molecule has 0 amide bonds. The van der Waals surface area contributed by atoms with Crippen molar-refractivity contribution in [2.45, 2.75) is 26.3 Å². The summed E-state index contributed by atoms with van der Waals surface area (Å²) < 4.78 is 0. The molecule has 1 aliphatic heterocycles. The molecule has 1 atom stereocenters. The van der Waals surface area contributed by atoms with E-state index in [1.807, 2.05) is 0 Å². The number of nitrogens with one attached hydrogen (secondary N) is 1.